The molecule has 0 bridgehead atoms. The van der Waals surface area contributed by atoms with Gasteiger partial charge in [-0.2, -0.15) is 0 Å². The molecule has 5 rings (SSSR count). The Morgan fingerprint density at radius 1 is 1.16 bits per heavy atom. The summed E-state index contributed by atoms with van der Waals surface area (Å²) in [6.07, 6.45) is 5.15. The lowest BCUT2D eigenvalue weighted by Gasteiger charge is -2.36. The summed E-state index contributed by atoms with van der Waals surface area (Å²) < 4.78 is 0. The summed E-state index contributed by atoms with van der Waals surface area (Å²) in [5.41, 5.74) is 4.90. The van der Waals surface area contributed by atoms with Gasteiger partial charge in [-0.3, -0.25) is 9.78 Å². The number of anilines is 2. The quantitative estimate of drug-likeness (QED) is 0.674. The zero-order valence-electron chi connectivity index (χ0n) is 18.3. The molecule has 3 aromatic heterocycles. The second kappa shape index (κ2) is 8.18. The maximum atomic E-state index is 11.4. The third-order valence-electron chi connectivity index (χ3n) is 6.42. The van der Waals surface area contributed by atoms with Crippen molar-refractivity contribution in [3.05, 3.63) is 59.7 Å². The van der Waals surface area contributed by atoms with Crippen LogP contribution in [0.1, 0.15) is 36.3 Å². The van der Waals surface area contributed by atoms with E-state index >= 15 is 0 Å². The summed E-state index contributed by atoms with van der Waals surface area (Å²) in [4.78, 5) is 34.4. The zero-order valence-corrected chi connectivity index (χ0v) is 18.3. The number of nitrogens with zero attached hydrogens (tertiary/aromatic N) is 6. The predicted octanol–water partition coefficient (Wildman–Crippen LogP) is 3.28. The number of carboxylic acid groups (broad SMARTS) is 1. The van der Waals surface area contributed by atoms with Crippen molar-refractivity contribution in [3.8, 4) is 11.5 Å². The number of pyridine rings is 2. The van der Waals surface area contributed by atoms with Crippen LogP contribution >= 0.6 is 0 Å². The van der Waals surface area contributed by atoms with Gasteiger partial charge in [-0.05, 0) is 38.5 Å². The van der Waals surface area contributed by atoms with E-state index in [-0.39, 0.29) is 12.0 Å². The predicted molar refractivity (Wildman–Crippen MR) is 122 cm³/mol. The number of aliphatic carboxylic acids is 1. The summed E-state index contributed by atoms with van der Waals surface area (Å²) >= 11 is 0. The summed E-state index contributed by atoms with van der Waals surface area (Å²) in [7, 11) is 0. The maximum absolute atomic E-state index is 11.4. The molecular weight excluding hydrogens is 404 g/mol. The highest BCUT2D eigenvalue weighted by molar-refractivity contribution is 5.72. The minimum Gasteiger partial charge on any atom is -0.481 e. The molecule has 5 heterocycles. The molecule has 0 spiro atoms. The maximum Gasteiger partial charge on any atom is 0.308 e. The number of hydrogen-bond acceptors (Lipinski definition) is 7. The van der Waals surface area contributed by atoms with Gasteiger partial charge >= 0.3 is 5.97 Å². The molecule has 0 amide bonds. The van der Waals surface area contributed by atoms with Gasteiger partial charge in [0.2, 0.25) is 0 Å². The third kappa shape index (κ3) is 3.77. The molecule has 8 heteroatoms. The number of fused-ring (bicyclic) bond motifs is 1. The molecule has 0 aromatic carbocycles. The average Bonchev–Trinajstić information content (AvgIpc) is 3.30. The third-order valence-corrected chi connectivity index (χ3v) is 6.42. The zero-order chi connectivity index (χ0) is 22.2. The van der Waals surface area contributed by atoms with Gasteiger partial charge in [-0.25, -0.2) is 15.0 Å². The normalized spacial score (nSPS) is 20.3. The largest absolute Gasteiger partial charge is 0.481 e. The van der Waals surface area contributed by atoms with E-state index < -0.39 is 5.97 Å². The molecule has 164 valence electrons. The summed E-state index contributed by atoms with van der Waals surface area (Å²) in [5, 5.41) is 9.35. The van der Waals surface area contributed by atoms with Crippen LogP contribution in [-0.4, -0.2) is 50.6 Å². The molecule has 2 aliphatic rings. The van der Waals surface area contributed by atoms with Crippen LogP contribution in [-0.2, 0) is 11.2 Å². The van der Waals surface area contributed by atoms with E-state index in [0.717, 1.165) is 53.7 Å². The van der Waals surface area contributed by atoms with Gasteiger partial charge in [0.05, 0.1) is 17.7 Å². The Kier molecular flexibility index (Phi) is 5.20. The van der Waals surface area contributed by atoms with E-state index in [1.54, 1.807) is 6.20 Å². The van der Waals surface area contributed by atoms with Crippen molar-refractivity contribution in [1.29, 1.82) is 0 Å². The Balaban J connectivity index is 1.41. The molecule has 2 aliphatic heterocycles. The van der Waals surface area contributed by atoms with E-state index in [1.165, 1.54) is 0 Å². The van der Waals surface area contributed by atoms with Gasteiger partial charge in [0.25, 0.3) is 0 Å². The van der Waals surface area contributed by atoms with Crippen LogP contribution in [0.4, 0.5) is 11.5 Å². The van der Waals surface area contributed by atoms with Gasteiger partial charge in [-0.1, -0.05) is 6.07 Å². The fourth-order valence-electron chi connectivity index (χ4n) is 4.65. The van der Waals surface area contributed by atoms with Crippen LogP contribution in [0, 0.1) is 12.8 Å². The van der Waals surface area contributed by atoms with Gasteiger partial charge in [0, 0.05) is 61.5 Å². The van der Waals surface area contributed by atoms with Crippen molar-refractivity contribution in [2.24, 2.45) is 5.92 Å². The number of aryl methyl sites for hydroxylation is 1. The molecule has 2 unspecified atom stereocenters. The van der Waals surface area contributed by atoms with Crippen molar-refractivity contribution in [1.82, 2.24) is 19.9 Å². The highest BCUT2D eigenvalue weighted by atomic mass is 16.4. The van der Waals surface area contributed by atoms with Crippen LogP contribution in [0.3, 0.4) is 0 Å². The van der Waals surface area contributed by atoms with Crippen molar-refractivity contribution >= 4 is 17.5 Å². The second-order valence-electron chi connectivity index (χ2n) is 8.52. The number of carbonyl (C=O) groups is 1. The molecular formula is C24H26N6O2. The second-order valence-corrected chi connectivity index (χ2v) is 8.52. The van der Waals surface area contributed by atoms with Crippen LogP contribution in [0.5, 0.6) is 0 Å². The van der Waals surface area contributed by atoms with E-state index in [1.807, 2.05) is 37.4 Å². The fourth-order valence-corrected chi connectivity index (χ4v) is 4.65. The van der Waals surface area contributed by atoms with E-state index in [9.17, 15) is 9.90 Å². The Labute approximate surface area is 187 Å². The molecule has 1 fully saturated rings. The highest BCUT2D eigenvalue weighted by Gasteiger charge is 2.30. The molecule has 0 aliphatic carbocycles. The Bertz CT molecular complexity index is 1150. The number of carboxylic acids is 1. The Morgan fingerprint density at radius 2 is 2.03 bits per heavy atom. The Morgan fingerprint density at radius 3 is 2.78 bits per heavy atom. The van der Waals surface area contributed by atoms with Crippen LogP contribution in [0.2, 0.25) is 0 Å². The van der Waals surface area contributed by atoms with Crippen molar-refractivity contribution in [2.45, 2.75) is 32.7 Å². The number of rotatable bonds is 4. The minimum absolute atomic E-state index is 0.0871. The van der Waals surface area contributed by atoms with E-state index in [4.69, 9.17) is 9.97 Å². The molecule has 1 saturated heterocycles. The van der Waals surface area contributed by atoms with Gasteiger partial charge in [0.1, 0.15) is 11.5 Å². The number of aromatic nitrogens is 4. The lowest BCUT2D eigenvalue weighted by molar-refractivity contribution is -0.140. The van der Waals surface area contributed by atoms with Crippen molar-refractivity contribution < 1.29 is 9.90 Å². The monoisotopic (exact) mass is 430 g/mol. The summed E-state index contributed by atoms with van der Waals surface area (Å²) in [6.45, 7) is 6.24. The minimum atomic E-state index is -0.718. The topological polar surface area (TPSA) is 95.3 Å². The summed E-state index contributed by atoms with van der Waals surface area (Å²) in [6, 6.07) is 9.96. The first kappa shape index (κ1) is 20.4. The molecule has 32 heavy (non-hydrogen) atoms. The smallest absolute Gasteiger partial charge is 0.308 e. The van der Waals surface area contributed by atoms with E-state index in [2.05, 4.69) is 32.8 Å². The van der Waals surface area contributed by atoms with Crippen molar-refractivity contribution in [2.75, 3.05) is 29.4 Å². The molecule has 1 N–H and O–H groups in total. The first-order valence-electron chi connectivity index (χ1n) is 11.0. The van der Waals surface area contributed by atoms with E-state index in [0.29, 0.717) is 18.8 Å². The van der Waals surface area contributed by atoms with Gasteiger partial charge < -0.3 is 14.9 Å². The number of hydrogen-bond donors (Lipinski definition) is 1. The lowest BCUT2D eigenvalue weighted by Crippen LogP contribution is -2.35. The Hall–Kier alpha value is -3.55. The first-order chi connectivity index (χ1) is 15.5. The fraction of sp³-hybridized carbons (Fsp3) is 0.375. The van der Waals surface area contributed by atoms with Crippen LogP contribution in [0.25, 0.3) is 11.5 Å². The highest BCUT2D eigenvalue weighted by Crippen LogP contribution is 2.35. The standard InChI is InChI=1S/C24H26N6O2/c1-15-11-18(29-9-6-17(14-29)24(31)32)12-22(27-15)30-10-7-20-19(16(30)2)13-26-23(28-20)21-5-3-4-8-25-21/h3-5,8,11-13,16-17H,6-7,9-10,14H2,1-2H3,(H,31,32). The molecule has 8 nitrogen and oxygen atoms in total. The average molecular weight is 431 g/mol. The first-order valence-corrected chi connectivity index (χ1v) is 11.0. The van der Waals surface area contributed by atoms with Crippen LogP contribution < -0.4 is 9.80 Å². The van der Waals surface area contributed by atoms with Crippen molar-refractivity contribution in [3.63, 3.8) is 0 Å². The summed E-state index contributed by atoms with van der Waals surface area (Å²) in [5.74, 6) is 0.539. The van der Waals surface area contributed by atoms with Gasteiger partial charge in [-0.15, -0.1) is 0 Å². The SMILES string of the molecule is Cc1cc(N2CCC(C(=O)O)C2)cc(N2CCc3nc(-c4ccccn4)ncc3C2C)n1. The molecule has 2 atom stereocenters. The van der Waals surface area contributed by atoms with Gasteiger partial charge in [0.15, 0.2) is 5.82 Å². The molecule has 0 saturated carbocycles. The molecule has 0 radical (unpaired) electrons. The van der Waals surface area contributed by atoms with Crippen LogP contribution in [0.15, 0.2) is 42.7 Å². The lowest BCUT2D eigenvalue weighted by atomic mass is 9.99. The molecule has 3 aromatic rings.